The molecule has 0 bridgehead atoms. The van der Waals surface area contributed by atoms with Crippen LogP contribution in [0.1, 0.15) is 56.4 Å². The van der Waals surface area contributed by atoms with Crippen molar-refractivity contribution < 1.29 is 5.11 Å². The van der Waals surface area contributed by atoms with Crippen molar-refractivity contribution in [2.24, 2.45) is 0 Å². The van der Waals surface area contributed by atoms with Gasteiger partial charge in [0.1, 0.15) is 6.61 Å². The lowest BCUT2D eigenvalue weighted by molar-refractivity contribution is 0.134. The predicted octanol–water partition coefficient (Wildman–Crippen LogP) is 3.64. The Bertz CT molecular complexity index is 465. The Morgan fingerprint density at radius 1 is 1.45 bits per heavy atom. The third-order valence-corrected chi connectivity index (χ3v) is 5.18. The van der Waals surface area contributed by atoms with Crippen LogP contribution in [0.5, 0.6) is 0 Å². The summed E-state index contributed by atoms with van der Waals surface area (Å²) >= 11 is 1.79. The van der Waals surface area contributed by atoms with Gasteiger partial charge in [0.05, 0.1) is 0 Å². The molecule has 2 nitrogen and oxygen atoms in total. The van der Waals surface area contributed by atoms with E-state index in [-0.39, 0.29) is 6.61 Å². The summed E-state index contributed by atoms with van der Waals surface area (Å²) in [4.78, 5) is 4.07. The highest BCUT2D eigenvalue weighted by atomic mass is 32.1. The first-order valence-corrected chi connectivity index (χ1v) is 8.55. The van der Waals surface area contributed by atoms with Crippen LogP contribution >= 0.6 is 11.3 Å². The first-order valence-electron chi connectivity index (χ1n) is 7.67. The summed E-state index contributed by atoms with van der Waals surface area (Å²) in [6, 6.07) is 3.59. The Hall–Kier alpha value is -0.820. The van der Waals surface area contributed by atoms with Crippen LogP contribution in [0.25, 0.3) is 0 Å². The highest BCUT2D eigenvalue weighted by Crippen LogP contribution is 2.28. The van der Waals surface area contributed by atoms with Gasteiger partial charge in [-0.2, -0.15) is 0 Å². The van der Waals surface area contributed by atoms with Crippen molar-refractivity contribution in [3.8, 4) is 11.8 Å². The summed E-state index contributed by atoms with van der Waals surface area (Å²) in [6.45, 7) is 5.61. The van der Waals surface area contributed by atoms with Crippen LogP contribution in [-0.4, -0.2) is 28.7 Å². The summed E-state index contributed by atoms with van der Waals surface area (Å²) in [5.41, 5.74) is 1.04. The molecule has 1 aromatic heterocycles. The summed E-state index contributed by atoms with van der Waals surface area (Å²) in [7, 11) is 0. The molecule has 1 heterocycles. The molecule has 0 aromatic carbocycles. The molecule has 1 unspecified atom stereocenters. The molecule has 0 radical (unpaired) electrons. The molecule has 0 aliphatic heterocycles. The second kappa shape index (κ2) is 7.83. The third kappa shape index (κ3) is 4.09. The molecular formula is C17H25NOS. The standard InChI is InChI=1S/C17H25NOS/c1-3-14(2)18(16-8-4-5-9-16)12-17-11-15(13-20-17)7-6-10-19/h11,13-14,16,19H,3-5,8-10,12H2,1-2H3. The van der Waals surface area contributed by atoms with Crippen molar-refractivity contribution in [1.82, 2.24) is 4.90 Å². The minimum Gasteiger partial charge on any atom is -0.384 e. The largest absolute Gasteiger partial charge is 0.384 e. The molecule has 1 N–H and O–H groups in total. The number of hydrogen-bond acceptors (Lipinski definition) is 3. The van der Waals surface area contributed by atoms with Gasteiger partial charge in [0.25, 0.3) is 0 Å². The Kier molecular flexibility index (Phi) is 6.09. The van der Waals surface area contributed by atoms with E-state index in [2.05, 4.69) is 42.0 Å². The first kappa shape index (κ1) is 15.6. The second-order valence-electron chi connectivity index (χ2n) is 5.63. The monoisotopic (exact) mass is 291 g/mol. The first-order chi connectivity index (χ1) is 9.74. The highest BCUT2D eigenvalue weighted by molar-refractivity contribution is 7.10. The maximum absolute atomic E-state index is 8.75. The van der Waals surface area contributed by atoms with E-state index in [9.17, 15) is 0 Å². The summed E-state index contributed by atoms with van der Waals surface area (Å²) < 4.78 is 0. The molecule has 0 saturated heterocycles. The molecule has 1 aliphatic carbocycles. The van der Waals surface area contributed by atoms with Crippen molar-refractivity contribution in [1.29, 1.82) is 0 Å². The Morgan fingerprint density at radius 2 is 2.20 bits per heavy atom. The van der Waals surface area contributed by atoms with E-state index < -0.39 is 0 Å². The second-order valence-corrected chi connectivity index (χ2v) is 6.63. The van der Waals surface area contributed by atoms with Gasteiger partial charge < -0.3 is 5.11 Å². The van der Waals surface area contributed by atoms with Crippen molar-refractivity contribution >= 4 is 11.3 Å². The lowest BCUT2D eigenvalue weighted by Crippen LogP contribution is -2.39. The summed E-state index contributed by atoms with van der Waals surface area (Å²) in [5.74, 6) is 5.71. The van der Waals surface area contributed by atoms with Crippen LogP contribution in [0, 0.1) is 11.8 Å². The maximum atomic E-state index is 8.75. The zero-order chi connectivity index (χ0) is 14.4. The van der Waals surface area contributed by atoms with E-state index >= 15 is 0 Å². The fourth-order valence-corrected chi connectivity index (χ4v) is 3.79. The Balaban J connectivity index is 2.04. The number of hydrogen-bond donors (Lipinski definition) is 1. The molecule has 3 heteroatoms. The summed E-state index contributed by atoms with van der Waals surface area (Å²) in [5, 5.41) is 10.8. The van der Waals surface area contributed by atoms with E-state index in [0.717, 1.165) is 18.2 Å². The van der Waals surface area contributed by atoms with Crippen molar-refractivity contribution in [3.63, 3.8) is 0 Å². The number of aliphatic hydroxyl groups is 1. The van der Waals surface area contributed by atoms with Gasteiger partial charge in [-0.25, -0.2) is 0 Å². The van der Waals surface area contributed by atoms with Gasteiger partial charge in [0.15, 0.2) is 0 Å². The average Bonchev–Trinajstić information content (AvgIpc) is 3.13. The van der Waals surface area contributed by atoms with Gasteiger partial charge in [-0.1, -0.05) is 31.6 Å². The van der Waals surface area contributed by atoms with Crippen LogP contribution < -0.4 is 0 Å². The van der Waals surface area contributed by atoms with Crippen molar-refractivity contribution in [2.75, 3.05) is 6.61 Å². The van der Waals surface area contributed by atoms with Crippen LogP contribution in [0.3, 0.4) is 0 Å². The quantitative estimate of drug-likeness (QED) is 0.837. The normalized spacial score (nSPS) is 17.2. The topological polar surface area (TPSA) is 23.5 Å². The minimum absolute atomic E-state index is 0.0632. The predicted molar refractivity (Wildman–Crippen MR) is 85.8 cm³/mol. The zero-order valence-corrected chi connectivity index (χ0v) is 13.4. The molecule has 0 amide bonds. The number of aliphatic hydroxyl groups excluding tert-OH is 1. The molecule has 1 atom stereocenters. The smallest absolute Gasteiger partial charge is 0.104 e. The molecule has 2 rings (SSSR count). The molecule has 1 saturated carbocycles. The Morgan fingerprint density at radius 3 is 2.85 bits per heavy atom. The van der Waals surface area contributed by atoms with E-state index in [1.807, 2.05) is 0 Å². The van der Waals surface area contributed by atoms with Crippen LogP contribution in [-0.2, 0) is 6.54 Å². The van der Waals surface area contributed by atoms with Crippen LogP contribution in [0.15, 0.2) is 11.4 Å². The van der Waals surface area contributed by atoms with Gasteiger partial charge in [0, 0.05) is 34.4 Å². The highest BCUT2D eigenvalue weighted by Gasteiger charge is 2.26. The lowest BCUT2D eigenvalue weighted by atomic mass is 10.1. The van der Waals surface area contributed by atoms with Gasteiger partial charge in [-0.3, -0.25) is 4.90 Å². The fraction of sp³-hybridized carbons (Fsp3) is 0.647. The maximum Gasteiger partial charge on any atom is 0.104 e. The SMILES string of the molecule is CCC(C)N(Cc1cc(C#CCO)cs1)C1CCCC1. The molecular weight excluding hydrogens is 266 g/mol. The third-order valence-electron chi connectivity index (χ3n) is 4.25. The average molecular weight is 291 g/mol. The Labute approximate surface area is 126 Å². The minimum atomic E-state index is -0.0632. The van der Waals surface area contributed by atoms with Gasteiger partial charge in [-0.05, 0) is 32.3 Å². The number of nitrogens with zero attached hydrogens (tertiary/aromatic N) is 1. The molecule has 1 aromatic rings. The van der Waals surface area contributed by atoms with E-state index in [4.69, 9.17) is 5.11 Å². The zero-order valence-electron chi connectivity index (χ0n) is 12.6. The van der Waals surface area contributed by atoms with Gasteiger partial charge in [-0.15, -0.1) is 11.3 Å². The lowest BCUT2D eigenvalue weighted by Gasteiger charge is -2.33. The molecule has 1 fully saturated rings. The van der Waals surface area contributed by atoms with Crippen molar-refractivity contribution in [2.45, 2.75) is 64.6 Å². The number of rotatable bonds is 5. The van der Waals surface area contributed by atoms with Gasteiger partial charge >= 0.3 is 0 Å². The number of thiophene rings is 1. The van der Waals surface area contributed by atoms with E-state index in [0.29, 0.717) is 6.04 Å². The molecule has 0 spiro atoms. The molecule has 20 heavy (non-hydrogen) atoms. The van der Waals surface area contributed by atoms with Crippen LogP contribution in [0.2, 0.25) is 0 Å². The summed E-state index contributed by atoms with van der Waals surface area (Å²) in [6.07, 6.45) is 6.68. The van der Waals surface area contributed by atoms with E-state index in [1.54, 1.807) is 11.3 Å². The molecule has 110 valence electrons. The van der Waals surface area contributed by atoms with Crippen LogP contribution in [0.4, 0.5) is 0 Å². The van der Waals surface area contributed by atoms with E-state index in [1.165, 1.54) is 37.0 Å². The van der Waals surface area contributed by atoms with Gasteiger partial charge in [0.2, 0.25) is 0 Å². The van der Waals surface area contributed by atoms with Crippen molar-refractivity contribution in [3.05, 3.63) is 21.9 Å². The molecule has 1 aliphatic rings. The fourth-order valence-electron chi connectivity index (χ4n) is 2.97.